The maximum Gasteiger partial charge on any atom is 0.0693 e. The van der Waals surface area contributed by atoms with Crippen molar-refractivity contribution in [2.24, 2.45) is 5.92 Å². The fourth-order valence-electron chi connectivity index (χ4n) is 14.5. The summed E-state index contributed by atoms with van der Waals surface area (Å²) in [4.78, 5) is 1.52. The first-order valence-electron chi connectivity index (χ1n) is 24.3. The molecule has 4 unspecified atom stereocenters. The minimum absolute atomic E-state index is 0.166. The van der Waals surface area contributed by atoms with Gasteiger partial charge in [-0.05, 0) is 148 Å². The van der Waals surface area contributed by atoms with Crippen molar-refractivity contribution >= 4 is 66.1 Å². The molecule has 4 aromatic carbocycles. The molecule has 8 aliphatic rings. The highest BCUT2D eigenvalue weighted by atomic mass is 32.1. The molecule has 6 aromatic rings. The Bertz CT molecular complexity index is 3110. The van der Waals surface area contributed by atoms with E-state index < -0.39 is 0 Å². The van der Waals surface area contributed by atoms with E-state index in [1.807, 2.05) is 22.7 Å². The summed E-state index contributed by atoms with van der Waals surface area (Å²) in [6, 6.07) is 31.8. The van der Waals surface area contributed by atoms with Gasteiger partial charge in [0.15, 0.2) is 0 Å². The third kappa shape index (κ3) is 5.22. The van der Waals surface area contributed by atoms with Crippen molar-refractivity contribution < 1.29 is 0 Å². The van der Waals surface area contributed by atoms with E-state index in [4.69, 9.17) is 0 Å². The number of nitrogens with one attached hydrogen (secondary N) is 1. The number of rotatable bonds is 3. The molecule has 308 valence electrons. The molecule has 0 bridgehead atoms. The highest BCUT2D eigenvalue weighted by Gasteiger charge is 2.54. The molecule has 2 fully saturated rings. The first-order chi connectivity index (χ1) is 30.7. The predicted molar refractivity (Wildman–Crippen MR) is 264 cm³/mol. The molecule has 3 heteroatoms. The van der Waals surface area contributed by atoms with Crippen LogP contribution in [0.15, 0.2) is 115 Å². The van der Waals surface area contributed by atoms with Crippen LogP contribution >= 0.6 is 22.7 Å². The Morgan fingerprint density at radius 2 is 1.48 bits per heavy atom. The van der Waals surface area contributed by atoms with Gasteiger partial charge in [0.05, 0.1) is 6.04 Å². The normalized spacial score (nSPS) is 26.1. The number of thiophene rings is 2. The van der Waals surface area contributed by atoms with E-state index in [0.29, 0.717) is 11.8 Å². The van der Waals surface area contributed by atoms with Crippen molar-refractivity contribution in [1.29, 1.82) is 0 Å². The van der Waals surface area contributed by atoms with E-state index in [9.17, 15) is 0 Å². The van der Waals surface area contributed by atoms with Crippen molar-refractivity contribution in [2.45, 2.75) is 125 Å². The molecule has 4 atom stereocenters. The lowest BCUT2D eigenvalue weighted by Crippen LogP contribution is -2.36. The second-order valence-electron chi connectivity index (χ2n) is 20.2. The van der Waals surface area contributed by atoms with Crippen LogP contribution in [-0.2, 0) is 17.3 Å². The van der Waals surface area contributed by atoms with Gasteiger partial charge >= 0.3 is 0 Å². The number of hydrogen-bond donors (Lipinski definition) is 1. The molecular formula is C59H55NS2. The maximum atomic E-state index is 4.22. The Labute approximate surface area is 374 Å². The van der Waals surface area contributed by atoms with Gasteiger partial charge in [0, 0.05) is 52.4 Å². The van der Waals surface area contributed by atoms with E-state index in [1.165, 1.54) is 134 Å². The van der Waals surface area contributed by atoms with Gasteiger partial charge in [-0.2, -0.15) is 0 Å². The minimum atomic E-state index is 0.166. The number of hydrogen-bond acceptors (Lipinski definition) is 3. The summed E-state index contributed by atoms with van der Waals surface area (Å²) in [7, 11) is 0. The minimum Gasteiger partial charge on any atom is -0.298 e. The molecule has 7 aliphatic carbocycles. The van der Waals surface area contributed by atoms with Crippen molar-refractivity contribution in [3.63, 3.8) is 0 Å². The van der Waals surface area contributed by atoms with E-state index >= 15 is 0 Å². The zero-order chi connectivity index (χ0) is 40.6. The topological polar surface area (TPSA) is 12.0 Å². The van der Waals surface area contributed by atoms with Crippen molar-refractivity contribution in [3.8, 4) is 0 Å². The summed E-state index contributed by atoms with van der Waals surface area (Å²) < 4.78 is 4.31. The quantitative estimate of drug-likeness (QED) is 0.187. The van der Waals surface area contributed by atoms with E-state index in [2.05, 4.69) is 127 Å². The summed E-state index contributed by atoms with van der Waals surface area (Å²) in [5, 5.41) is 8.53. The second kappa shape index (κ2) is 14.0. The third-order valence-corrected chi connectivity index (χ3v) is 19.8. The zero-order valence-corrected chi connectivity index (χ0v) is 37.4. The zero-order valence-electron chi connectivity index (χ0n) is 35.8. The molecular weight excluding hydrogens is 787 g/mol. The molecule has 0 amide bonds. The van der Waals surface area contributed by atoms with Crippen LogP contribution in [0.4, 0.5) is 0 Å². The number of fused-ring (bicyclic) bond motifs is 16. The Kier molecular flexibility index (Phi) is 8.32. The first-order valence-corrected chi connectivity index (χ1v) is 25.9. The summed E-state index contributed by atoms with van der Waals surface area (Å²) in [6.07, 6.45) is 37.6. The first kappa shape index (κ1) is 36.9. The van der Waals surface area contributed by atoms with E-state index in [-0.39, 0.29) is 22.9 Å². The van der Waals surface area contributed by atoms with Crippen LogP contribution in [0.3, 0.4) is 0 Å². The summed E-state index contributed by atoms with van der Waals surface area (Å²) in [5.41, 5.74) is 17.7. The summed E-state index contributed by atoms with van der Waals surface area (Å²) in [5.74, 6) is 0.997. The lowest BCUT2D eigenvalue weighted by atomic mass is 9.63. The molecule has 2 aromatic heterocycles. The Morgan fingerprint density at radius 1 is 0.661 bits per heavy atom. The highest BCUT2D eigenvalue weighted by Crippen LogP contribution is 2.65. The van der Waals surface area contributed by atoms with E-state index in [0.717, 1.165) is 19.3 Å². The van der Waals surface area contributed by atoms with Gasteiger partial charge in [0.1, 0.15) is 0 Å². The van der Waals surface area contributed by atoms with Crippen LogP contribution in [0, 0.1) is 5.92 Å². The second-order valence-corrected chi connectivity index (χ2v) is 22.3. The molecule has 14 rings (SSSR count). The van der Waals surface area contributed by atoms with Gasteiger partial charge in [-0.3, -0.25) is 5.32 Å². The van der Waals surface area contributed by atoms with Gasteiger partial charge in [0.25, 0.3) is 0 Å². The third-order valence-electron chi connectivity index (χ3n) is 17.2. The van der Waals surface area contributed by atoms with Gasteiger partial charge in [-0.15, -0.1) is 22.7 Å². The van der Waals surface area contributed by atoms with Crippen LogP contribution in [0.5, 0.6) is 0 Å². The molecule has 1 aliphatic heterocycles. The Hall–Kier alpha value is -4.54. The van der Waals surface area contributed by atoms with Crippen LogP contribution < -0.4 is 15.1 Å². The molecule has 2 spiro atoms. The van der Waals surface area contributed by atoms with Crippen LogP contribution in [-0.4, -0.2) is 0 Å². The van der Waals surface area contributed by atoms with Crippen LogP contribution in [0.2, 0.25) is 0 Å². The fraction of sp³-hybridized carbons (Fsp3) is 0.356. The molecule has 1 N–H and O–H groups in total. The van der Waals surface area contributed by atoms with Crippen molar-refractivity contribution in [1.82, 2.24) is 5.32 Å². The molecule has 0 saturated heterocycles. The molecule has 2 saturated carbocycles. The largest absolute Gasteiger partial charge is 0.298 e. The standard InChI is InChI=1S/C59H55NS2/c1-4-15-36(16-5-1)52-35-47-40-18-7-9-22-53(40)62-57(47)55(60-52)42-20-14-19-41-46-32-38(24-26-54(46)61-56(41)42)37-23-25-49-43(31-37)45-34-50-44(33-51(45)59(49)29-12-3-13-30-59)39-17-6-8-21-48(39)58(50)27-10-2-11-28-58/h1,4-5,14-26,31-34,43,49,52,55,60H,2-3,6-13,27-30,35H2. The number of allylic oxidation sites excluding steroid dienone is 8. The Morgan fingerprint density at radius 3 is 2.37 bits per heavy atom. The average molecular weight is 842 g/mol. The highest BCUT2D eigenvalue weighted by molar-refractivity contribution is 7.26. The molecule has 0 radical (unpaired) electrons. The lowest BCUT2D eigenvalue weighted by molar-refractivity contribution is 0.233. The average Bonchev–Trinajstić information content (AvgIpc) is 4.05. The van der Waals surface area contributed by atoms with E-state index in [1.54, 1.807) is 39.0 Å². The summed E-state index contributed by atoms with van der Waals surface area (Å²) >= 11 is 4.04. The van der Waals surface area contributed by atoms with Crippen molar-refractivity contribution in [2.75, 3.05) is 0 Å². The van der Waals surface area contributed by atoms with Crippen LogP contribution in [0.1, 0.15) is 157 Å². The monoisotopic (exact) mass is 841 g/mol. The Balaban J connectivity index is 0.881. The summed E-state index contributed by atoms with van der Waals surface area (Å²) in [6.45, 7) is 0. The maximum absolute atomic E-state index is 4.22. The molecule has 62 heavy (non-hydrogen) atoms. The van der Waals surface area contributed by atoms with Gasteiger partial charge in [-0.1, -0.05) is 142 Å². The molecule has 3 heterocycles. The predicted octanol–water partition coefficient (Wildman–Crippen LogP) is 14.3. The van der Waals surface area contributed by atoms with Crippen molar-refractivity contribution in [3.05, 3.63) is 174 Å². The van der Waals surface area contributed by atoms with Crippen LogP contribution in [0.25, 0.3) is 43.5 Å². The van der Waals surface area contributed by atoms with Gasteiger partial charge in [0.2, 0.25) is 0 Å². The SMILES string of the molecule is C1=CC2C(C=C1c1ccc3sc4c(C5NC(c6ccccc6)Cc6c5sc5c6=CCCC=5)cccc4c3c1)c1cc3c(cc1C21CCCCC1)C1=CCCC=C1C31CCCCC1. The van der Waals surface area contributed by atoms with Gasteiger partial charge in [-0.25, -0.2) is 0 Å². The molecule has 1 nitrogen and oxygen atoms in total. The lowest BCUT2D eigenvalue weighted by Gasteiger charge is -2.41. The smallest absolute Gasteiger partial charge is 0.0693 e. The van der Waals surface area contributed by atoms with Gasteiger partial charge < -0.3 is 0 Å². The fourth-order valence-corrected chi connectivity index (χ4v) is 17.1. The number of benzene rings is 4.